The second kappa shape index (κ2) is 7.59. The monoisotopic (exact) mass is 356 g/mol. The van der Waals surface area contributed by atoms with Crippen molar-refractivity contribution >= 4 is 18.3 Å². The summed E-state index contributed by atoms with van der Waals surface area (Å²) in [5.41, 5.74) is 5.00. The van der Waals surface area contributed by atoms with Crippen LogP contribution in [0, 0.1) is 5.41 Å². The molecule has 2 N–H and O–H groups in total. The lowest BCUT2D eigenvalue weighted by Crippen LogP contribution is -2.46. The molecule has 3 nitrogen and oxygen atoms in total. The molecule has 1 aliphatic carbocycles. The van der Waals surface area contributed by atoms with Crippen molar-refractivity contribution in [2.45, 2.75) is 45.3 Å². The molecule has 0 unspecified atom stereocenters. The maximum Gasteiger partial charge on any atom is 0.226 e. The second-order valence-electron chi connectivity index (χ2n) is 7.19. The van der Waals surface area contributed by atoms with Crippen LogP contribution < -0.4 is 10.6 Å². The van der Waals surface area contributed by atoms with Crippen LogP contribution in [0.2, 0.25) is 0 Å². The van der Waals surface area contributed by atoms with Gasteiger partial charge < -0.3 is 10.6 Å². The van der Waals surface area contributed by atoms with E-state index in [1.807, 2.05) is 6.07 Å². The maximum absolute atomic E-state index is 12.8. The molecule has 2 aliphatic rings. The van der Waals surface area contributed by atoms with E-state index in [1.54, 1.807) is 0 Å². The summed E-state index contributed by atoms with van der Waals surface area (Å²) in [7, 11) is 0. The second-order valence-corrected chi connectivity index (χ2v) is 7.19. The molecule has 0 radical (unpaired) electrons. The van der Waals surface area contributed by atoms with E-state index in [-0.39, 0.29) is 23.7 Å². The fraction of sp³-hybridized carbons (Fsp3) is 0.381. The molecule has 0 aromatic heterocycles. The zero-order valence-electron chi connectivity index (χ0n) is 14.4. The molecule has 0 bridgehead atoms. The summed E-state index contributed by atoms with van der Waals surface area (Å²) in [6.07, 6.45) is 4.02. The molecular weight excluding hydrogens is 332 g/mol. The lowest BCUT2D eigenvalue weighted by Gasteiger charge is -2.40. The van der Waals surface area contributed by atoms with E-state index in [2.05, 4.69) is 53.1 Å². The van der Waals surface area contributed by atoms with Crippen molar-refractivity contribution in [1.82, 2.24) is 10.6 Å². The van der Waals surface area contributed by atoms with Crippen LogP contribution in [0.15, 0.2) is 48.5 Å². The van der Waals surface area contributed by atoms with E-state index >= 15 is 0 Å². The van der Waals surface area contributed by atoms with Gasteiger partial charge in [0, 0.05) is 19.6 Å². The van der Waals surface area contributed by atoms with Crippen molar-refractivity contribution < 1.29 is 4.79 Å². The maximum atomic E-state index is 12.8. The topological polar surface area (TPSA) is 41.1 Å². The number of carbonyl (C=O) groups is 1. The van der Waals surface area contributed by atoms with Gasteiger partial charge in [-0.3, -0.25) is 4.79 Å². The average molecular weight is 357 g/mol. The van der Waals surface area contributed by atoms with Crippen LogP contribution >= 0.6 is 12.4 Å². The Morgan fingerprint density at radius 2 is 1.76 bits per heavy atom. The third-order valence-corrected chi connectivity index (χ3v) is 5.53. The summed E-state index contributed by atoms with van der Waals surface area (Å²) in [6.45, 7) is 2.53. The summed E-state index contributed by atoms with van der Waals surface area (Å²) < 4.78 is 0. The van der Waals surface area contributed by atoms with Crippen molar-refractivity contribution in [2.24, 2.45) is 5.41 Å². The number of halogens is 1. The van der Waals surface area contributed by atoms with Gasteiger partial charge in [-0.15, -0.1) is 12.4 Å². The summed E-state index contributed by atoms with van der Waals surface area (Å²) >= 11 is 0. The fourth-order valence-electron chi connectivity index (χ4n) is 3.90. The van der Waals surface area contributed by atoms with Crippen molar-refractivity contribution in [3.63, 3.8) is 0 Å². The Bertz CT molecular complexity index is 741. The summed E-state index contributed by atoms with van der Waals surface area (Å²) in [5.74, 6) is 0.219. The molecule has 1 amide bonds. The van der Waals surface area contributed by atoms with Crippen LogP contribution in [0.1, 0.15) is 41.5 Å². The average Bonchev–Trinajstić information content (AvgIpc) is 3.04. The third-order valence-electron chi connectivity index (χ3n) is 5.53. The van der Waals surface area contributed by atoms with E-state index in [0.29, 0.717) is 6.54 Å². The first kappa shape index (κ1) is 18.0. The standard InChI is InChI=1S/C21H24N2O.ClH/c24-20(21(9-4-10-21)12-16-5-2-1-3-6-16)23-13-17-7-8-18-14-22-15-19(18)11-17;/h1-3,5-8,11,22H,4,9-10,12-15H2,(H,23,24);1H. The fourth-order valence-corrected chi connectivity index (χ4v) is 3.90. The molecule has 0 atom stereocenters. The van der Waals surface area contributed by atoms with Gasteiger partial charge in [0.1, 0.15) is 0 Å². The summed E-state index contributed by atoms with van der Waals surface area (Å²) in [4.78, 5) is 12.8. The molecule has 25 heavy (non-hydrogen) atoms. The van der Waals surface area contributed by atoms with Gasteiger partial charge in [0.05, 0.1) is 5.41 Å². The van der Waals surface area contributed by atoms with Crippen molar-refractivity contribution in [3.8, 4) is 0 Å². The molecule has 2 aromatic rings. The Balaban J connectivity index is 0.00000182. The Hall–Kier alpha value is -1.84. The van der Waals surface area contributed by atoms with E-state index in [9.17, 15) is 4.79 Å². The first-order valence-electron chi connectivity index (χ1n) is 8.89. The number of rotatable bonds is 5. The predicted molar refractivity (Wildman–Crippen MR) is 103 cm³/mol. The van der Waals surface area contributed by atoms with Crippen LogP contribution in [-0.2, 0) is 30.8 Å². The van der Waals surface area contributed by atoms with Crippen LogP contribution in [0.5, 0.6) is 0 Å². The molecule has 4 rings (SSSR count). The van der Waals surface area contributed by atoms with Crippen molar-refractivity contribution in [3.05, 3.63) is 70.8 Å². The van der Waals surface area contributed by atoms with Crippen LogP contribution in [-0.4, -0.2) is 5.91 Å². The van der Waals surface area contributed by atoms with Gasteiger partial charge in [-0.05, 0) is 41.5 Å². The molecule has 2 aromatic carbocycles. The first-order chi connectivity index (χ1) is 11.8. The Kier molecular flexibility index (Phi) is 5.45. The highest BCUT2D eigenvalue weighted by molar-refractivity contribution is 5.85. The first-order valence-corrected chi connectivity index (χ1v) is 8.89. The number of nitrogens with one attached hydrogen (secondary N) is 2. The number of fused-ring (bicyclic) bond motifs is 1. The minimum Gasteiger partial charge on any atom is -0.352 e. The highest BCUT2D eigenvalue weighted by atomic mass is 35.5. The Morgan fingerprint density at radius 3 is 2.48 bits per heavy atom. The molecule has 4 heteroatoms. The normalized spacial score (nSPS) is 17.1. The number of hydrogen-bond acceptors (Lipinski definition) is 2. The van der Waals surface area contributed by atoms with Crippen LogP contribution in [0.25, 0.3) is 0 Å². The highest BCUT2D eigenvalue weighted by Gasteiger charge is 2.43. The summed E-state index contributed by atoms with van der Waals surface area (Å²) in [6, 6.07) is 16.9. The van der Waals surface area contributed by atoms with Gasteiger partial charge >= 0.3 is 0 Å². The van der Waals surface area contributed by atoms with Gasteiger partial charge in [0.15, 0.2) is 0 Å². The number of amides is 1. The van der Waals surface area contributed by atoms with Crippen molar-refractivity contribution in [2.75, 3.05) is 0 Å². The van der Waals surface area contributed by atoms with Gasteiger partial charge in [-0.1, -0.05) is 55.0 Å². The Morgan fingerprint density at radius 1 is 1.00 bits per heavy atom. The number of benzene rings is 2. The molecule has 1 heterocycles. The lowest BCUT2D eigenvalue weighted by molar-refractivity contribution is -0.136. The molecular formula is C21H25ClN2O. The summed E-state index contributed by atoms with van der Waals surface area (Å²) in [5, 5.41) is 6.56. The minimum atomic E-state index is -0.195. The van der Waals surface area contributed by atoms with Crippen molar-refractivity contribution in [1.29, 1.82) is 0 Å². The van der Waals surface area contributed by atoms with E-state index in [4.69, 9.17) is 0 Å². The van der Waals surface area contributed by atoms with E-state index < -0.39 is 0 Å². The highest BCUT2D eigenvalue weighted by Crippen LogP contribution is 2.44. The largest absolute Gasteiger partial charge is 0.352 e. The van der Waals surface area contributed by atoms with E-state index in [0.717, 1.165) is 38.8 Å². The van der Waals surface area contributed by atoms with Crippen LogP contribution in [0.3, 0.4) is 0 Å². The molecule has 1 saturated carbocycles. The molecule has 1 fully saturated rings. The quantitative estimate of drug-likeness (QED) is 0.856. The zero-order valence-corrected chi connectivity index (χ0v) is 15.2. The SMILES string of the molecule is Cl.O=C(NCc1ccc2c(c1)CNC2)C1(Cc2ccccc2)CCC1. The zero-order chi connectivity index (χ0) is 16.4. The smallest absolute Gasteiger partial charge is 0.226 e. The third kappa shape index (κ3) is 3.73. The Labute approximate surface area is 155 Å². The lowest BCUT2D eigenvalue weighted by atomic mass is 9.64. The van der Waals surface area contributed by atoms with Gasteiger partial charge in [0.2, 0.25) is 5.91 Å². The number of carbonyl (C=O) groups excluding carboxylic acids is 1. The van der Waals surface area contributed by atoms with Crippen LogP contribution in [0.4, 0.5) is 0 Å². The van der Waals surface area contributed by atoms with E-state index in [1.165, 1.54) is 22.3 Å². The number of hydrogen-bond donors (Lipinski definition) is 2. The van der Waals surface area contributed by atoms with Gasteiger partial charge in [-0.25, -0.2) is 0 Å². The molecule has 0 spiro atoms. The predicted octanol–water partition coefficient (Wildman–Crippen LogP) is 3.74. The molecule has 1 aliphatic heterocycles. The van der Waals surface area contributed by atoms with Gasteiger partial charge in [0.25, 0.3) is 0 Å². The molecule has 132 valence electrons. The van der Waals surface area contributed by atoms with Gasteiger partial charge in [-0.2, -0.15) is 0 Å². The molecule has 0 saturated heterocycles. The minimum absolute atomic E-state index is 0.